The molecule has 1 aromatic heterocycles. The third kappa shape index (κ3) is 4.15. The first-order valence-corrected chi connectivity index (χ1v) is 8.43. The molecular formula is C21H21FN2O. The molecule has 128 valence electrons. The Labute approximate surface area is 147 Å². The van der Waals surface area contributed by atoms with Crippen molar-refractivity contribution in [3.63, 3.8) is 0 Å². The number of hydrogen-bond donors (Lipinski definition) is 1. The van der Waals surface area contributed by atoms with Gasteiger partial charge in [0.1, 0.15) is 5.82 Å². The van der Waals surface area contributed by atoms with Crippen molar-refractivity contribution in [3.8, 4) is 0 Å². The predicted molar refractivity (Wildman–Crippen MR) is 98.0 cm³/mol. The summed E-state index contributed by atoms with van der Waals surface area (Å²) in [7, 11) is 0. The van der Waals surface area contributed by atoms with Crippen LogP contribution in [0.4, 0.5) is 10.1 Å². The zero-order valence-corrected chi connectivity index (χ0v) is 14.2. The number of para-hydroxylation sites is 1. The Hall–Kier alpha value is -2.88. The largest absolute Gasteiger partial charge is 0.346 e. The van der Waals surface area contributed by atoms with Crippen molar-refractivity contribution in [3.05, 3.63) is 90.0 Å². The van der Waals surface area contributed by atoms with Gasteiger partial charge >= 0.3 is 0 Å². The van der Waals surface area contributed by atoms with E-state index < -0.39 is 0 Å². The highest BCUT2D eigenvalue weighted by Gasteiger charge is 2.18. The first-order valence-electron chi connectivity index (χ1n) is 8.43. The van der Waals surface area contributed by atoms with E-state index in [0.29, 0.717) is 0 Å². The zero-order valence-electron chi connectivity index (χ0n) is 14.2. The number of hydrogen-bond acceptors (Lipinski definition) is 1. The Bertz CT molecular complexity index is 843. The van der Waals surface area contributed by atoms with Crippen molar-refractivity contribution < 1.29 is 9.18 Å². The van der Waals surface area contributed by atoms with Crippen LogP contribution in [0.25, 0.3) is 0 Å². The minimum atomic E-state index is -0.300. The zero-order chi connectivity index (χ0) is 17.6. The fraction of sp³-hybridized carbons (Fsp3) is 0.190. The molecule has 0 bridgehead atoms. The van der Waals surface area contributed by atoms with E-state index in [9.17, 15) is 9.18 Å². The van der Waals surface area contributed by atoms with Crippen LogP contribution in [0.15, 0.2) is 73.1 Å². The number of benzene rings is 2. The highest BCUT2D eigenvalue weighted by atomic mass is 19.1. The second-order valence-electron chi connectivity index (χ2n) is 5.96. The Balaban J connectivity index is 1.82. The van der Waals surface area contributed by atoms with Crippen molar-refractivity contribution in [1.82, 2.24) is 4.57 Å². The van der Waals surface area contributed by atoms with Gasteiger partial charge in [0.25, 0.3) is 0 Å². The Morgan fingerprint density at radius 2 is 1.84 bits per heavy atom. The minimum Gasteiger partial charge on any atom is -0.346 e. The Morgan fingerprint density at radius 1 is 1.08 bits per heavy atom. The fourth-order valence-electron chi connectivity index (χ4n) is 2.99. The number of nitrogens with one attached hydrogen (secondary N) is 1. The molecule has 1 atom stereocenters. The molecule has 1 heterocycles. The quantitative estimate of drug-likeness (QED) is 0.689. The van der Waals surface area contributed by atoms with Gasteiger partial charge in [-0.25, -0.2) is 4.39 Å². The van der Waals surface area contributed by atoms with Gasteiger partial charge in [0.15, 0.2) is 0 Å². The van der Waals surface area contributed by atoms with E-state index in [2.05, 4.69) is 12.2 Å². The van der Waals surface area contributed by atoms with Crippen LogP contribution in [0.2, 0.25) is 0 Å². The van der Waals surface area contributed by atoms with E-state index in [1.54, 1.807) is 6.07 Å². The average molecular weight is 336 g/mol. The molecule has 1 N–H and O–H groups in total. The summed E-state index contributed by atoms with van der Waals surface area (Å²) in [5, 5.41) is 2.99. The van der Waals surface area contributed by atoms with Crippen molar-refractivity contribution >= 4 is 11.6 Å². The number of halogens is 1. The molecule has 3 rings (SSSR count). The third-order valence-electron chi connectivity index (χ3n) is 4.27. The monoisotopic (exact) mass is 336 g/mol. The maximum absolute atomic E-state index is 13.6. The molecule has 4 heteroatoms. The lowest BCUT2D eigenvalue weighted by atomic mass is 10.0. The maximum Gasteiger partial charge on any atom is 0.226 e. The first kappa shape index (κ1) is 17.0. The van der Waals surface area contributed by atoms with Crippen LogP contribution in [0.3, 0.4) is 0 Å². The Kier molecular flexibility index (Phi) is 5.29. The van der Waals surface area contributed by atoms with Gasteiger partial charge in [0.05, 0.1) is 12.5 Å². The number of carbonyl (C=O) groups is 1. The number of aryl methyl sites for hydroxylation is 1. The van der Waals surface area contributed by atoms with E-state index in [0.717, 1.165) is 23.2 Å². The van der Waals surface area contributed by atoms with Crippen molar-refractivity contribution in [1.29, 1.82) is 0 Å². The normalized spacial score (nSPS) is 11.9. The highest BCUT2D eigenvalue weighted by Crippen LogP contribution is 2.24. The third-order valence-corrected chi connectivity index (χ3v) is 4.27. The van der Waals surface area contributed by atoms with E-state index >= 15 is 0 Å². The second-order valence-corrected chi connectivity index (χ2v) is 5.96. The number of amides is 1. The molecule has 1 amide bonds. The average Bonchev–Trinajstić information content (AvgIpc) is 3.14. The molecular weight excluding hydrogens is 315 g/mol. The number of nitrogens with zero attached hydrogens (tertiary/aromatic N) is 1. The van der Waals surface area contributed by atoms with Gasteiger partial charge in [-0.15, -0.1) is 0 Å². The molecule has 0 saturated heterocycles. The SMILES string of the molecule is CCc1ccccc1NC(=O)C[C@H](c1cccc(F)c1)n1cccc1. The summed E-state index contributed by atoms with van der Waals surface area (Å²) in [4.78, 5) is 12.6. The summed E-state index contributed by atoms with van der Waals surface area (Å²) >= 11 is 0. The number of aromatic nitrogens is 1. The molecule has 2 aromatic carbocycles. The molecule has 0 fully saturated rings. The summed E-state index contributed by atoms with van der Waals surface area (Å²) in [6.07, 6.45) is 4.86. The molecule has 0 aliphatic carbocycles. The molecule has 3 nitrogen and oxygen atoms in total. The van der Waals surface area contributed by atoms with Gasteiger partial charge in [-0.3, -0.25) is 4.79 Å². The molecule has 0 aliphatic rings. The van der Waals surface area contributed by atoms with Crippen LogP contribution >= 0.6 is 0 Å². The van der Waals surface area contributed by atoms with Gasteiger partial charge in [0.2, 0.25) is 5.91 Å². The maximum atomic E-state index is 13.6. The van der Waals surface area contributed by atoms with Gasteiger partial charge < -0.3 is 9.88 Å². The number of rotatable bonds is 6. The molecule has 0 saturated carbocycles. The minimum absolute atomic E-state index is 0.0936. The smallest absolute Gasteiger partial charge is 0.226 e. The molecule has 0 aliphatic heterocycles. The van der Waals surface area contributed by atoms with Crippen molar-refractivity contribution in [2.45, 2.75) is 25.8 Å². The van der Waals surface area contributed by atoms with Gasteiger partial charge in [-0.1, -0.05) is 37.3 Å². The lowest BCUT2D eigenvalue weighted by Crippen LogP contribution is -2.20. The molecule has 0 radical (unpaired) electrons. The van der Waals surface area contributed by atoms with Gasteiger partial charge in [-0.2, -0.15) is 0 Å². The fourth-order valence-corrected chi connectivity index (χ4v) is 2.99. The van der Waals surface area contributed by atoms with E-state index in [-0.39, 0.29) is 24.2 Å². The topological polar surface area (TPSA) is 34.0 Å². The van der Waals surface area contributed by atoms with Gasteiger partial charge in [0, 0.05) is 18.1 Å². The van der Waals surface area contributed by atoms with Crippen LogP contribution in [0, 0.1) is 5.82 Å². The number of anilines is 1. The van der Waals surface area contributed by atoms with E-state index in [1.807, 2.05) is 59.4 Å². The number of carbonyl (C=O) groups excluding carboxylic acids is 1. The molecule has 0 unspecified atom stereocenters. The van der Waals surface area contributed by atoms with Gasteiger partial charge in [-0.05, 0) is 47.9 Å². The summed E-state index contributed by atoms with van der Waals surface area (Å²) in [6, 6.07) is 17.7. The van der Waals surface area contributed by atoms with Crippen LogP contribution in [0.1, 0.15) is 30.5 Å². The van der Waals surface area contributed by atoms with Crippen molar-refractivity contribution in [2.24, 2.45) is 0 Å². The highest BCUT2D eigenvalue weighted by molar-refractivity contribution is 5.92. The van der Waals surface area contributed by atoms with Crippen LogP contribution < -0.4 is 5.32 Å². The lowest BCUT2D eigenvalue weighted by molar-refractivity contribution is -0.116. The summed E-state index contributed by atoms with van der Waals surface area (Å²) < 4.78 is 15.6. The standard InChI is InChI=1S/C21H21FN2O/c1-2-16-8-3-4-11-19(16)23-21(25)15-20(24-12-5-6-13-24)17-9-7-10-18(22)14-17/h3-14,20H,2,15H2,1H3,(H,23,25)/t20-/m1/s1. The van der Waals surface area contributed by atoms with Crippen molar-refractivity contribution in [2.75, 3.05) is 5.32 Å². The van der Waals surface area contributed by atoms with Crippen LogP contribution in [-0.4, -0.2) is 10.5 Å². The second kappa shape index (κ2) is 7.79. The first-order chi connectivity index (χ1) is 12.2. The summed E-state index contributed by atoms with van der Waals surface area (Å²) in [5.41, 5.74) is 2.70. The predicted octanol–water partition coefficient (Wildman–Crippen LogP) is 4.81. The molecule has 0 spiro atoms. The Morgan fingerprint density at radius 3 is 2.56 bits per heavy atom. The lowest BCUT2D eigenvalue weighted by Gasteiger charge is -2.20. The van der Waals surface area contributed by atoms with Crippen LogP contribution in [-0.2, 0) is 11.2 Å². The molecule has 25 heavy (non-hydrogen) atoms. The summed E-state index contributed by atoms with van der Waals surface area (Å²) in [6.45, 7) is 2.06. The molecule has 3 aromatic rings. The summed E-state index contributed by atoms with van der Waals surface area (Å²) in [5.74, 6) is -0.393. The van der Waals surface area contributed by atoms with E-state index in [1.165, 1.54) is 12.1 Å². The van der Waals surface area contributed by atoms with E-state index in [4.69, 9.17) is 0 Å². The van der Waals surface area contributed by atoms with Crippen LogP contribution in [0.5, 0.6) is 0 Å².